The summed E-state index contributed by atoms with van der Waals surface area (Å²) in [5, 5.41) is 6.68. The zero-order chi connectivity index (χ0) is 24.9. The van der Waals surface area contributed by atoms with Crippen molar-refractivity contribution < 1.29 is 31.9 Å². The number of amides is 3. The maximum Gasteiger partial charge on any atom is 0.415 e. The lowest BCUT2D eigenvalue weighted by molar-refractivity contribution is 0.142. The first kappa shape index (κ1) is 22.6. The number of halogens is 4. The van der Waals surface area contributed by atoms with Crippen molar-refractivity contribution in [2.45, 2.75) is 32.2 Å². The maximum absolute atomic E-state index is 13.5. The van der Waals surface area contributed by atoms with Crippen LogP contribution in [0, 0.1) is 23.4 Å². The number of hydrogen-bond donors (Lipinski definition) is 1. The van der Waals surface area contributed by atoms with Gasteiger partial charge in [-0.1, -0.05) is 0 Å². The summed E-state index contributed by atoms with van der Waals surface area (Å²) in [6.45, 7) is 2.21. The van der Waals surface area contributed by atoms with E-state index < -0.39 is 41.6 Å². The molecule has 0 radical (unpaired) electrons. The molecule has 4 heterocycles. The van der Waals surface area contributed by atoms with Crippen molar-refractivity contribution in [1.82, 2.24) is 19.7 Å². The molecule has 9 nitrogen and oxygen atoms in total. The number of urea groups is 1. The predicted octanol–water partition coefficient (Wildman–Crippen LogP) is 3.97. The lowest BCUT2D eigenvalue weighted by Gasteiger charge is -2.34. The Morgan fingerprint density at radius 2 is 1.86 bits per heavy atom. The lowest BCUT2D eigenvalue weighted by atomic mass is 10.1. The predicted molar refractivity (Wildman–Crippen MR) is 113 cm³/mol. The summed E-state index contributed by atoms with van der Waals surface area (Å²) in [4.78, 5) is 31.8. The van der Waals surface area contributed by atoms with Gasteiger partial charge in [0, 0.05) is 29.6 Å². The third-order valence-electron chi connectivity index (χ3n) is 5.94. The molecule has 3 amide bonds. The van der Waals surface area contributed by atoms with Gasteiger partial charge in [0.1, 0.15) is 6.10 Å². The third kappa shape index (κ3) is 4.13. The zero-order valence-corrected chi connectivity index (χ0v) is 18.2. The fourth-order valence-electron chi connectivity index (χ4n) is 4.12. The van der Waals surface area contributed by atoms with Gasteiger partial charge < -0.3 is 15.0 Å². The molecule has 2 aliphatic rings. The third-order valence-corrected chi connectivity index (χ3v) is 5.94. The van der Waals surface area contributed by atoms with E-state index in [2.05, 4.69) is 15.4 Å². The average Bonchev–Trinajstić information content (AvgIpc) is 3.39. The summed E-state index contributed by atoms with van der Waals surface area (Å²) in [6.07, 6.45) is 1.47. The molecule has 1 saturated heterocycles. The Morgan fingerprint density at radius 3 is 2.54 bits per heavy atom. The monoisotopic (exact) mass is 490 g/mol. The van der Waals surface area contributed by atoms with E-state index in [4.69, 9.17) is 4.74 Å². The van der Waals surface area contributed by atoms with E-state index in [1.165, 1.54) is 34.3 Å². The van der Waals surface area contributed by atoms with Gasteiger partial charge >= 0.3 is 12.1 Å². The minimum absolute atomic E-state index is 0.0288. The number of fused-ring (bicyclic) bond motifs is 1. The number of nitrogens with one attached hydrogen (secondary N) is 1. The number of benzene rings is 1. The molecule has 0 bridgehead atoms. The van der Waals surface area contributed by atoms with Gasteiger partial charge in [0.05, 0.1) is 43.3 Å². The van der Waals surface area contributed by atoms with Crippen LogP contribution in [-0.4, -0.2) is 44.4 Å². The molecule has 35 heavy (non-hydrogen) atoms. The maximum atomic E-state index is 13.5. The summed E-state index contributed by atoms with van der Waals surface area (Å²) >= 11 is 0. The van der Waals surface area contributed by atoms with Gasteiger partial charge in [-0.25, -0.2) is 27.7 Å². The molecular formula is C22H18F4N6O3. The second-order valence-corrected chi connectivity index (χ2v) is 8.22. The molecule has 182 valence electrons. The molecule has 2 atom stereocenters. The van der Waals surface area contributed by atoms with Crippen molar-refractivity contribution >= 4 is 23.5 Å². The van der Waals surface area contributed by atoms with Crippen molar-refractivity contribution in [2.75, 3.05) is 16.8 Å². The van der Waals surface area contributed by atoms with Crippen LogP contribution in [-0.2, 0) is 17.8 Å². The van der Waals surface area contributed by atoms with E-state index in [9.17, 15) is 27.2 Å². The van der Waals surface area contributed by atoms with E-state index >= 15 is 0 Å². The number of carbonyl (C=O) groups is 2. The molecule has 2 aromatic heterocycles. The van der Waals surface area contributed by atoms with Crippen LogP contribution in [0.25, 0.3) is 0 Å². The van der Waals surface area contributed by atoms with E-state index in [0.717, 1.165) is 0 Å². The van der Waals surface area contributed by atoms with Crippen molar-refractivity contribution in [3.8, 4) is 0 Å². The van der Waals surface area contributed by atoms with Crippen LogP contribution in [0.5, 0.6) is 0 Å². The second-order valence-electron chi connectivity index (χ2n) is 8.22. The highest BCUT2D eigenvalue weighted by Crippen LogP contribution is 2.34. The Balaban J connectivity index is 1.35. The van der Waals surface area contributed by atoms with Crippen molar-refractivity contribution in [1.29, 1.82) is 0 Å². The molecule has 0 spiro atoms. The summed E-state index contributed by atoms with van der Waals surface area (Å²) in [5.74, 6) is -5.13. The molecule has 1 fully saturated rings. The van der Waals surface area contributed by atoms with Gasteiger partial charge in [-0.05, 0) is 19.1 Å². The van der Waals surface area contributed by atoms with Gasteiger partial charge in [-0.3, -0.25) is 9.58 Å². The van der Waals surface area contributed by atoms with Crippen LogP contribution in [0.15, 0.2) is 36.7 Å². The van der Waals surface area contributed by atoms with Gasteiger partial charge in [0.15, 0.2) is 17.5 Å². The number of carbonyl (C=O) groups excluding carboxylic acids is 2. The first-order valence-electron chi connectivity index (χ1n) is 10.6. The average molecular weight is 490 g/mol. The molecule has 2 aliphatic heterocycles. The lowest BCUT2D eigenvalue weighted by Crippen LogP contribution is -2.47. The van der Waals surface area contributed by atoms with Crippen LogP contribution in [0.3, 0.4) is 0 Å². The van der Waals surface area contributed by atoms with Gasteiger partial charge in [0.2, 0.25) is 5.95 Å². The highest BCUT2D eigenvalue weighted by molar-refractivity contribution is 5.92. The van der Waals surface area contributed by atoms with Crippen LogP contribution in [0.4, 0.5) is 38.5 Å². The number of cyclic esters (lactones) is 1. The number of anilines is 2. The standard InChI is InChI=1S/C22H18F4N6O3/c1-11-8-32-17(9-30(11)21(33)29-13-4-14(23)20(26)15(24)5-13)16(7-28-32)31-10-18(35-22(31)34)12-2-3-19(25)27-6-12/h2-7,11,18H,8-10H2,1H3,(H,29,33)/t11-,18?/m0/s1. The van der Waals surface area contributed by atoms with Crippen molar-refractivity contribution in [3.05, 3.63) is 71.3 Å². The topological polar surface area (TPSA) is 92.6 Å². The van der Waals surface area contributed by atoms with Crippen molar-refractivity contribution in [2.24, 2.45) is 0 Å². The molecule has 5 rings (SSSR count). The first-order valence-corrected chi connectivity index (χ1v) is 10.6. The highest BCUT2D eigenvalue weighted by Gasteiger charge is 2.38. The van der Waals surface area contributed by atoms with E-state index in [1.807, 2.05) is 0 Å². The van der Waals surface area contributed by atoms with Crippen LogP contribution in [0.1, 0.15) is 24.3 Å². The van der Waals surface area contributed by atoms with E-state index in [-0.39, 0.29) is 24.8 Å². The smallest absolute Gasteiger partial charge is 0.415 e. The Labute approximate surface area is 195 Å². The van der Waals surface area contributed by atoms with Crippen LogP contribution in [0.2, 0.25) is 0 Å². The molecule has 0 saturated carbocycles. The van der Waals surface area contributed by atoms with Gasteiger partial charge in [-0.15, -0.1) is 0 Å². The quantitative estimate of drug-likeness (QED) is 0.341. The Kier molecular flexibility index (Phi) is 5.53. The normalized spacial score (nSPS) is 19.5. The molecule has 1 unspecified atom stereocenters. The fraction of sp³-hybridized carbons (Fsp3) is 0.273. The van der Waals surface area contributed by atoms with Crippen molar-refractivity contribution in [3.63, 3.8) is 0 Å². The molecule has 1 aromatic carbocycles. The fourth-order valence-corrected chi connectivity index (χ4v) is 4.12. The first-order chi connectivity index (χ1) is 16.7. The number of aromatic nitrogens is 3. The van der Waals surface area contributed by atoms with Crippen LogP contribution < -0.4 is 10.2 Å². The summed E-state index contributed by atoms with van der Waals surface area (Å²) in [7, 11) is 0. The van der Waals surface area contributed by atoms with E-state index in [1.54, 1.807) is 11.6 Å². The minimum atomic E-state index is -1.63. The summed E-state index contributed by atoms with van der Waals surface area (Å²) in [5.41, 5.74) is 1.26. The molecule has 13 heteroatoms. The highest BCUT2D eigenvalue weighted by atomic mass is 19.2. The van der Waals surface area contributed by atoms with Gasteiger partial charge in [0.25, 0.3) is 0 Å². The number of ether oxygens (including phenoxy) is 1. The minimum Gasteiger partial charge on any atom is -0.439 e. The molecule has 0 aliphatic carbocycles. The SMILES string of the molecule is C[C@H]1Cn2ncc(N3CC(c4ccc(F)nc4)OC3=O)c2CN1C(=O)Nc1cc(F)c(F)c(F)c1. The molecular weight excluding hydrogens is 472 g/mol. The number of pyridine rings is 1. The summed E-state index contributed by atoms with van der Waals surface area (Å²) in [6, 6.07) is 3.00. The zero-order valence-electron chi connectivity index (χ0n) is 18.2. The summed E-state index contributed by atoms with van der Waals surface area (Å²) < 4.78 is 60.5. The largest absolute Gasteiger partial charge is 0.439 e. The second kappa shape index (κ2) is 8.56. The molecule has 1 N–H and O–H groups in total. The Bertz CT molecular complexity index is 1290. The number of hydrogen-bond acceptors (Lipinski definition) is 5. The Morgan fingerprint density at radius 1 is 1.11 bits per heavy atom. The van der Waals surface area contributed by atoms with Crippen LogP contribution >= 0.6 is 0 Å². The number of nitrogens with zero attached hydrogens (tertiary/aromatic N) is 5. The Hall–Kier alpha value is -4.16. The number of rotatable bonds is 3. The molecule has 3 aromatic rings. The van der Waals surface area contributed by atoms with E-state index in [0.29, 0.717) is 35.6 Å². The van der Waals surface area contributed by atoms with Gasteiger partial charge in [-0.2, -0.15) is 9.49 Å².